The minimum absolute atomic E-state index is 0.0239. The van der Waals surface area contributed by atoms with Crippen molar-refractivity contribution in [1.29, 1.82) is 5.53 Å². The molecule has 1 saturated heterocycles. The quantitative estimate of drug-likeness (QED) is 0.495. The normalized spacial score (nSPS) is 15.1. The predicted octanol–water partition coefficient (Wildman–Crippen LogP) is 4.98. The molecule has 0 bridgehead atoms. The van der Waals surface area contributed by atoms with Gasteiger partial charge >= 0.3 is 0 Å². The molecule has 3 N–H and O–H groups in total. The van der Waals surface area contributed by atoms with Gasteiger partial charge in [-0.1, -0.05) is 6.92 Å². The number of pyridine rings is 1. The second kappa shape index (κ2) is 9.13. The van der Waals surface area contributed by atoms with Gasteiger partial charge in [0.05, 0.1) is 5.56 Å². The number of anilines is 1. The Morgan fingerprint density at radius 1 is 1.19 bits per heavy atom. The molecule has 0 spiro atoms. The van der Waals surface area contributed by atoms with Crippen LogP contribution in [0.25, 0.3) is 16.6 Å². The van der Waals surface area contributed by atoms with Crippen molar-refractivity contribution in [3.8, 4) is 0 Å². The first-order chi connectivity index (χ1) is 15.4. The Morgan fingerprint density at radius 2 is 1.91 bits per heavy atom. The monoisotopic (exact) mass is 433 g/mol. The van der Waals surface area contributed by atoms with Crippen molar-refractivity contribution in [2.45, 2.75) is 19.8 Å². The molecule has 1 fully saturated rings. The lowest BCUT2D eigenvalue weighted by molar-refractivity contribution is 0.0697. The molecule has 1 aliphatic rings. The molecule has 0 unspecified atom stereocenters. The Balaban J connectivity index is 1.51. The van der Waals surface area contributed by atoms with E-state index in [0.717, 1.165) is 25.9 Å². The van der Waals surface area contributed by atoms with E-state index in [-0.39, 0.29) is 17.2 Å². The van der Waals surface area contributed by atoms with Crippen molar-refractivity contribution in [1.82, 2.24) is 9.88 Å². The van der Waals surface area contributed by atoms with Crippen molar-refractivity contribution < 1.29 is 9.18 Å². The summed E-state index contributed by atoms with van der Waals surface area (Å²) in [6.45, 7) is 3.76. The molecule has 8 heteroatoms. The molecule has 164 valence electrons. The highest BCUT2D eigenvalue weighted by atomic mass is 19.1. The van der Waals surface area contributed by atoms with Gasteiger partial charge in [-0.25, -0.2) is 9.92 Å². The van der Waals surface area contributed by atoms with Gasteiger partial charge in [0.2, 0.25) is 0 Å². The molecule has 0 radical (unpaired) electrons. The van der Waals surface area contributed by atoms with Gasteiger partial charge in [0.15, 0.2) is 0 Å². The standard InChI is InChI=1S/C24H24FN5O2/c1-15-8-10-30(11-9-15)24(32)16-2-5-19(6-3-16)27-14-22(29-26)20-13-17-12-18(25)4-7-21(17)28-23(20)31/h2-7,12-15,26-27H,8-11H2,1H3,(H,28,31)/b22-14-,29-26?. The minimum Gasteiger partial charge on any atom is -0.360 e. The van der Waals surface area contributed by atoms with E-state index in [1.165, 1.54) is 30.5 Å². The number of nitrogens with one attached hydrogen (secondary N) is 3. The first-order valence-electron chi connectivity index (χ1n) is 10.5. The lowest BCUT2D eigenvalue weighted by Crippen LogP contribution is -2.37. The number of rotatable bonds is 5. The molecule has 0 atom stereocenters. The Kier molecular flexibility index (Phi) is 6.11. The number of nitrogens with zero attached hydrogens (tertiary/aromatic N) is 2. The van der Waals surface area contributed by atoms with Crippen LogP contribution in [-0.2, 0) is 0 Å². The summed E-state index contributed by atoms with van der Waals surface area (Å²) >= 11 is 0. The summed E-state index contributed by atoms with van der Waals surface area (Å²) in [6.07, 6.45) is 3.48. The van der Waals surface area contributed by atoms with Crippen molar-refractivity contribution >= 4 is 28.2 Å². The molecule has 4 rings (SSSR count). The number of aromatic nitrogens is 1. The fourth-order valence-corrected chi connectivity index (χ4v) is 3.79. The summed E-state index contributed by atoms with van der Waals surface area (Å²) in [5.41, 5.74) is 9.09. The first kappa shape index (κ1) is 21.4. The van der Waals surface area contributed by atoms with E-state index in [0.29, 0.717) is 28.1 Å². The van der Waals surface area contributed by atoms with Gasteiger partial charge in [-0.15, -0.1) is 0 Å². The average molecular weight is 433 g/mol. The summed E-state index contributed by atoms with van der Waals surface area (Å²) < 4.78 is 13.5. The zero-order valence-electron chi connectivity index (χ0n) is 17.7. The van der Waals surface area contributed by atoms with Gasteiger partial charge in [0.1, 0.15) is 11.5 Å². The van der Waals surface area contributed by atoms with E-state index in [1.807, 2.05) is 4.90 Å². The molecule has 0 saturated carbocycles. The zero-order valence-corrected chi connectivity index (χ0v) is 17.7. The number of fused-ring (bicyclic) bond motifs is 1. The minimum atomic E-state index is -0.426. The highest BCUT2D eigenvalue weighted by molar-refractivity contribution is 5.94. The molecule has 2 heterocycles. The fourth-order valence-electron chi connectivity index (χ4n) is 3.79. The molecular weight excluding hydrogens is 409 g/mol. The number of carbonyl (C=O) groups excluding carboxylic acids is 1. The maximum absolute atomic E-state index is 13.5. The van der Waals surface area contributed by atoms with Crippen LogP contribution in [0.4, 0.5) is 10.1 Å². The van der Waals surface area contributed by atoms with Gasteiger partial charge < -0.3 is 15.2 Å². The Labute approximate surface area is 184 Å². The summed E-state index contributed by atoms with van der Waals surface area (Å²) in [7, 11) is 0. The number of carbonyl (C=O) groups is 1. The molecular formula is C24H24FN5O2. The van der Waals surface area contributed by atoms with E-state index in [4.69, 9.17) is 5.53 Å². The fraction of sp³-hybridized carbons (Fsp3) is 0.250. The summed E-state index contributed by atoms with van der Waals surface area (Å²) in [5, 5.41) is 6.96. The number of hydrogen-bond acceptors (Lipinski definition) is 5. The summed E-state index contributed by atoms with van der Waals surface area (Å²) in [4.78, 5) is 29.6. The SMILES string of the molecule is CC1CCN(C(=O)c2ccc(N/C=C(\N=N)c3cc4cc(F)ccc4[nH]c3=O)cc2)CC1. The molecule has 1 amide bonds. The van der Waals surface area contributed by atoms with Crippen molar-refractivity contribution in [3.63, 3.8) is 0 Å². The average Bonchev–Trinajstić information content (AvgIpc) is 2.80. The maximum Gasteiger partial charge on any atom is 0.258 e. The number of hydrogen-bond donors (Lipinski definition) is 3. The van der Waals surface area contributed by atoms with Gasteiger partial charge in [-0.2, -0.15) is 5.11 Å². The van der Waals surface area contributed by atoms with Crippen LogP contribution in [0.5, 0.6) is 0 Å². The van der Waals surface area contributed by atoms with E-state index in [1.54, 1.807) is 24.3 Å². The first-order valence-corrected chi connectivity index (χ1v) is 10.5. The van der Waals surface area contributed by atoms with Crippen LogP contribution in [0, 0.1) is 17.3 Å². The van der Waals surface area contributed by atoms with E-state index in [9.17, 15) is 14.0 Å². The Hall–Kier alpha value is -3.81. The number of likely N-dealkylation sites (tertiary alicyclic amines) is 1. The topological polar surface area (TPSA) is 101 Å². The molecule has 7 nitrogen and oxygen atoms in total. The summed E-state index contributed by atoms with van der Waals surface area (Å²) in [5.74, 6) is 0.259. The van der Waals surface area contributed by atoms with Crippen molar-refractivity contribution in [2.75, 3.05) is 18.4 Å². The molecule has 32 heavy (non-hydrogen) atoms. The Morgan fingerprint density at radius 3 is 2.59 bits per heavy atom. The highest BCUT2D eigenvalue weighted by Gasteiger charge is 2.21. The third-order valence-electron chi connectivity index (χ3n) is 5.78. The van der Waals surface area contributed by atoms with Gasteiger partial charge in [0, 0.05) is 41.4 Å². The van der Waals surface area contributed by atoms with Crippen molar-refractivity contribution in [2.24, 2.45) is 11.0 Å². The number of H-pyrrole nitrogens is 1. The zero-order chi connectivity index (χ0) is 22.7. The predicted molar refractivity (Wildman–Crippen MR) is 122 cm³/mol. The van der Waals surface area contributed by atoms with Crippen LogP contribution in [0.1, 0.15) is 35.7 Å². The largest absolute Gasteiger partial charge is 0.360 e. The smallest absolute Gasteiger partial charge is 0.258 e. The Bertz CT molecular complexity index is 1240. The van der Waals surface area contributed by atoms with Crippen LogP contribution in [0.15, 0.2) is 64.6 Å². The third-order valence-corrected chi connectivity index (χ3v) is 5.78. The van der Waals surface area contributed by atoms with E-state index in [2.05, 4.69) is 22.3 Å². The van der Waals surface area contributed by atoms with Crippen LogP contribution in [-0.4, -0.2) is 28.9 Å². The molecule has 2 aromatic carbocycles. The van der Waals surface area contributed by atoms with Gasteiger partial charge in [0.25, 0.3) is 11.5 Å². The van der Waals surface area contributed by atoms with Gasteiger partial charge in [-0.3, -0.25) is 9.59 Å². The second-order valence-corrected chi connectivity index (χ2v) is 8.08. The van der Waals surface area contributed by atoms with Crippen LogP contribution in [0.3, 0.4) is 0 Å². The number of aromatic amines is 1. The lowest BCUT2D eigenvalue weighted by Gasteiger charge is -2.30. The molecule has 1 aromatic heterocycles. The number of halogens is 1. The molecule has 0 aliphatic carbocycles. The van der Waals surface area contributed by atoms with Crippen molar-refractivity contribution in [3.05, 3.63) is 82.0 Å². The van der Waals surface area contributed by atoms with E-state index < -0.39 is 11.4 Å². The van der Waals surface area contributed by atoms with E-state index >= 15 is 0 Å². The lowest BCUT2D eigenvalue weighted by atomic mass is 9.98. The number of amides is 1. The van der Waals surface area contributed by atoms with Crippen LogP contribution >= 0.6 is 0 Å². The highest BCUT2D eigenvalue weighted by Crippen LogP contribution is 2.21. The summed E-state index contributed by atoms with van der Waals surface area (Å²) in [6, 6.07) is 12.6. The van der Waals surface area contributed by atoms with Crippen LogP contribution in [0.2, 0.25) is 0 Å². The molecule has 1 aliphatic heterocycles. The second-order valence-electron chi connectivity index (χ2n) is 8.08. The maximum atomic E-state index is 13.5. The number of benzene rings is 2. The third kappa shape index (κ3) is 4.59. The molecule has 3 aromatic rings. The van der Waals surface area contributed by atoms with Crippen LogP contribution < -0.4 is 10.9 Å². The number of piperidine rings is 1. The van der Waals surface area contributed by atoms with Gasteiger partial charge in [-0.05, 0) is 67.3 Å².